The number of hydrogen-bond acceptors (Lipinski definition) is 6. The van der Waals surface area contributed by atoms with E-state index in [0.29, 0.717) is 39.3 Å². The van der Waals surface area contributed by atoms with Crippen molar-refractivity contribution in [3.8, 4) is 17.2 Å². The van der Waals surface area contributed by atoms with Crippen LogP contribution in [0, 0.1) is 0 Å². The Hall–Kier alpha value is -2.64. The fourth-order valence-corrected chi connectivity index (χ4v) is 3.86. The van der Waals surface area contributed by atoms with E-state index in [0.717, 1.165) is 11.8 Å². The summed E-state index contributed by atoms with van der Waals surface area (Å²) >= 11 is 7.16. The van der Waals surface area contributed by atoms with Crippen LogP contribution in [0.1, 0.15) is 12.5 Å². The molecule has 0 bridgehead atoms. The Bertz CT molecular complexity index is 932. The number of imide groups is 1. The molecule has 0 atom stereocenters. The van der Waals surface area contributed by atoms with Gasteiger partial charge in [-0.3, -0.25) is 14.5 Å². The molecular formula is C21H20ClNO5S. The quantitative estimate of drug-likeness (QED) is 0.554. The van der Waals surface area contributed by atoms with Crippen LogP contribution in [-0.4, -0.2) is 42.9 Å². The standard InChI is InChI=1S/C21H20ClNO5S/c1-3-27-19-16(22)11-14(12-17(19)26-2)13-18-20(24)23(21(25)29-18)9-10-28-15-7-5-4-6-8-15/h4-8,11-13H,3,9-10H2,1-2H3/b18-13-. The minimum absolute atomic E-state index is 0.171. The van der Waals surface area contributed by atoms with Crippen LogP contribution in [0.15, 0.2) is 47.4 Å². The van der Waals surface area contributed by atoms with Crippen molar-refractivity contribution in [3.63, 3.8) is 0 Å². The van der Waals surface area contributed by atoms with E-state index >= 15 is 0 Å². The molecule has 29 heavy (non-hydrogen) atoms. The third-order valence-corrected chi connectivity index (χ3v) is 5.23. The number of para-hydroxylation sites is 1. The minimum Gasteiger partial charge on any atom is -0.493 e. The molecule has 1 heterocycles. The van der Waals surface area contributed by atoms with Gasteiger partial charge in [0.25, 0.3) is 11.1 Å². The lowest BCUT2D eigenvalue weighted by molar-refractivity contribution is -0.123. The summed E-state index contributed by atoms with van der Waals surface area (Å²) in [4.78, 5) is 26.4. The number of hydrogen-bond donors (Lipinski definition) is 0. The highest BCUT2D eigenvalue weighted by Crippen LogP contribution is 2.38. The number of benzene rings is 2. The summed E-state index contributed by atoms with van der Waals surface area (Å²) < 4.78 is 16.4. The molecule has 0 aromatic heterocycles. The van der Waals surface area contributed by atoms with Crippen molar-refractivity contribution in [1.82, 2.24) is 4.90 Å². The number of rotatable bonds is 8. The molecule has 0 unspecified atom stereocenters. The van der Waals surface area contributed by atoms with Crippen molar-refractivity contribution in [3.05, 3.63) is 58.0 Å². The molecule has 1 aliphatic rings. The summed E-state index contributed by atoms with van der Waals surface area (Å²) in [6, 6.07) is 12.6. The smallest absolute Gasteiger partial charge is 0.293 e. The number of nitrogens with zero attached hydrogens (tertiary/aromatic N) is 1. The van der Waals surface area contributed by atoms with Gasteiger partial charge < -0.3 is 14.2 Å². The van der Waals surface area contributed by atoms with Gasteiger partial charge in [0.05, 0.1) is 30.2 Å². The summed E-state index contributed by atoms with van der Waals surface area (Å²) in [6.45, 7) is 2.68. The number of methoxy groups -OCH3 is 1. The molecule has 8 heteroatoms. The second-order valence-electron chi connectivity index (χ2n) is 5.96. The maximum atomic E-state index is 12.6. The van der Waals surface area contributed by atoms with E-state index in [1.807, 2.05) is 37.3 Å². The van der Waals surface area contributed by atoms with Gasteiger partial charge in [-0.15, -0.1) is 0 Å². The van der Waals surface area contributed by atoms with Gasteiger partial charge in [-0.25, -0.2) is 0 Å². The van der Waals surface area contributed by atoms with E-state index < -0.39 is 0 Å². The number of carbonyl (C=O) groups excluding carboxylic acids is 2. The second-order valence-corrected chi connectivity index (χ2v) is 7.36. The predicted molar refractivity (Wildman–Crippen MR) is 114 cm³/mol. The molecule has 0 N–H and O–H groups in total. The monoisotopic (exact) mass is 433 g/mol. The number of halogens is 1. The lowest BCUT2D eigenvalue weighted by Gasteiger charge is -2.13. The molecule has 0 aliphatic carbocycles. The molecule has 2 aromatic carbocycles. The molecule has 2 aromatic rings. The van der Waals surface area contributed by atoms with Crippen molar-refractivity contribution in [2.24, 2.45) is 0 Å². The summed E-state index contributed by atoms with van der Waals surface area (Å²) in [5, 5.41) is 0.0369. The first kappa shape index (κ1) is 21.1. The maximum Gasteiger partial charge on any atom is 0.293 e. The van der Waals surface area contributed by atoms with Crippen LogP contribution in [0.2, 0.25) is 5.02 Å². The molecule has 6 nitrogen and oxygen atoms in total. The van der Waals surface area contributed by atoms with E-state index in [1.54, 1.807) is 18.2 Å². The van der Waals surface area contributed by atoms with Crippen molar-refractivity contribution in [2.75, 3.05) is 26.9 Å². The molecule has 1 fully saturated rings. The van der Waals surface area contributed by atoms with Gasteiger partial charge in [0.1, 0.15) is 12.4 Å². The second kappa shape index (κ2) is 9.71. The van der Waals surface area contributed by atoms with Crippen molar-refractivity contribution >= 4 is 40.6 Å². The van der Waals surface area contributed by atoms with Crippen LogP contribution >= 0.6 is 23.4 Å². The first-order valence-electron chi connectivity index (χ1n) is 8.97. The molecule has 0 spiro atoms. The highest BCUT2D eigenvalue weighted by atomic mass is 35.5. The maximum absolute atomic E-state index is 12.6. The fraction of sp³-hybridized carbons (Fsp3) is 0.238. The molecular weight excluding hydrogens is 414 g/mol. The summed E-state index contributed by atoms with van der Waals surface area (Å²) in [5.41, 5.74) is 0.640. The Morgan fingerprint density at radius 1 is 1.14 bits per heavy atom. The summed E-state index contributed by atoms with van der Waals surface area (Å²) in [6.07, 6.45) is 1.62. The van der Waals surface area contributed by atoms with E-state index in [1.165, 1.54) is 12.0 Å². The van der Waals surface area contributed by atoms with Crippen LogP contribution in [0.5, 0.6) is 17.2 Å². The Balaban J connectivity index is 1.71. The highest BCUT2D eigenvalue weighted by Gasteiger charge is 2.34. The van der Waals surface area contributed by atoms with Crippen LogP contribution in [-0.2, 0) is 4.79 Å². The largest absolute Gasteiger partial charge is 0.493 e. The third kappa shape index (κ3) is 5.05. The average Bonchev–Trinajstić information content (AvgIpc) is 2.98. The van der Waals surface area contributed by atoms with Crippen molar-refractivity contribution in [2.45, 2.75) is 6.92 Å². The van der Waals surface area contributed by atoms with Gasteiger partial charge in [-0.1, -0.05) is 29.8 Å². The van der Waals surface area contributed by atoms with Crippen LogP contribution < -0.4 is 14.2 Å². The number of carbonyl (C=O) groups is 2. The van der Waals surface area contributed by atoms with Gasteiger partial charge in [-0.2, -0.15) is 0 Å². The molecule has 0 radical (unpaired) electrons. The average molecular weight is 434 g/mol. The molecule has 1 aliphatic heterocycles. The molecule has 1 saturated heterocycles. The number of ether oxygens (including phenoxy) is 3. The summed E-state index contributed by atoms with van der Waals surface area (Å²) in [7, 11) is 1.51. The zero-order valence-corrected chi connectivity index (χ0v) is 17.6. The minimum atomic E-state index is -0.361. The fourth-order valence-electron chi connectivity index (χ4n) is 2.72. The highest BCUT2D eigenvalue weighted by molar-refractivity contribution is 8.18. The Kier molecular flexibility index (Phi) is 7.06. The van der Waals surface area contributed by atoms with Crippen LogP contribution in [0.3, 0.4) is 0 Å². The zero-order valence-electron chi connectivity index (χ0n) is 16.0. The van der Waals surface area contributed by atoms with Crippen LogP contribution in [0.4, 0.5) is 4.79 Å². The van der Waals surface area contributed by atoms with E-state index in [9.17, 15) is 9.59 Å². The molecule has 3 rings (SSSR count). The third-order valence-electron chi connectivity index (χ3n) is 4.04. The van der Waals surface area contributed by atoms with Gasteiger partial charge in [0.15, 0.2) is 11.5 Å². The van der Waals surface area contributed by atoms with E-state index in [4.69, 9.17) is 25.8 Å². The summed E-state index contributed by atoms with van der Waals surface area (Å²) in [5.74, 6) is 1.23. The molecule has 0 saturated carbocycles. The van der Waals surface area contributed by atoms with Gasteiger partial charge in [0.2, 0.25) is 0 Å². The number of thioether (sulfide) groups is 1. The van der Waals surface area contributed by atoms with Gasteiger partial charge in [0, 0.05) is 0 Å². The van der Waals surface area contributed by atoms with Gasteiger partial charge >= 0.3 is 0 Å². The predicted octanol–water partition coefficient (Wildman–Crippen LogP) is 4.86. The van der Waals surface area contributed by atoms with Crippen LogP contribution in [0.25, 0.3) is 6.08 Å². The van der Waals surface area contributed by atoms with Crippen molar-refractivity contribution in [1.29, 1.82) is 0 Å². The number of amides is 2. The SMILES string of the molecule is CCOc1c(Cl)cc(/C=C2\SC(=O)N(CCOc3ccccc3)C2=O)cc1OC. The first-order valence-corrected chi connectivity index (χ1v) is 10.2. The zero-order chi connectivity index (χ0) is 20.8. The first-order chi connectivity index (χ1) is 14.0. The molecule has 2 amide bonds. The Morgan fingerprint density at radius 3 is 2.59 bits per heavy atom. The lowest BCUT2D eigenvalue weighted by atomic mass is 10.1. The van der Waals surface area contributed by atoms with E-state index in [2.05, 4.69) is 0 Å². The topological polar surface area (TPSA) is 65.1 Å². The lowest BCUT2D eigenvalue weighted by Crippen LogP contribution is -2.32. The molecule has 152 valence electrons. The Morgan fingerprint density at radius 2 is 1.90 bits per heavy atom. The Labute approximate surface area is 178 Å². The van der Waals surface area contributed by atoms with Gasteiger partial charge in [-0.05, 0) is 54.6 Å². The van der Waals surface area contributed by atoms with E-state index in [-0.39, 0.29) is 24.3 Å². The normalized spacial score (nSPS) is 15.1. The van der Waals surface area contributed by atoms with Crippen molar-refractivity contribution < 1.29 is 23.8 Å².